The Balaban J connectivity index is 2.17. The molecule has 0 fully saturated rings. The smallest absolute Gasteiger partial charge is 0.131 e. The third-order valence-electron chi connectivity index (χ3n) is 4.48. The first-order valence-corrected chi connectivity index (χ1v) is 8.03. The van der Waals surface area contributed by atoms with Gasteiger partial charge in [-0.05, 0) is 25.0 Å². The highest BCUT2D eigenvalue weighted by atomic mass is 16.1. The second kappa shape index (κ2) is 6.02. The summed E-state index contributed by atoms with van der Waals surface area (Å²) in [5.41, 5.74) is 4.17. The van der Waals surface area contributed by atoms with Crippen LogP contribution in [-0.4, -0.2) is 16.9 Å². The fourth-order valence-corrected chi connectivity index (χ4v) is 3.68. The van der Waals surface area contributed by atoms with Gasteiger partial charge in [0.15, 0.2) is 0 Å². The van der Waals surface area contributed by atoms with Crippen LogP contribution in [0.1, 0.15) is 50.4 Å². The van der Waals surface area contributed by atoms with Gasteiger partial charge >= 0.3 is 0 Å². The van der Waals surface area contributed by atoms with Gasteiger partial charge in [0.1, 0.15) is 5.78 Å². The van der Waals surface area contributed by atoms with Crippen molar-refractivity contribution in [3.63, 3.8) is 0 Å². The summed E-state index contributed by atoms with van der Waals surface area (Å²) >= 11 is 0. The van der Waals surface area contributed by atoms with Gasteiger partial charge in [0, 0.05) is 48.6 Å². The molecular weight excluding hydrogens is 260 g/mol. The molecule has 1 aromatic carbocycles. The molecule has 0 saturated heterocycles. The Labute approximate surface area is 126 Å². The number of carbonyl (C=O) groups is 1. The number of hydrogen-bond donors (Lipinski definition) is 1. The van der Waals surface area contributed by atoms with Crippen molar-refractivity contribution < 1.29 is 4.79 Å². The van der Waals surface area contributed by atoms with Crippen molar-refractivity contribution in [1.82, 2.24) is 9.88 Å². The first-order chi connectivity index (χ1) is 10.2. The maximum Gasteiger partial charge on any atom is 0.131 e. The molecule has 3 heteroatoms. The molecule has 0 saturated carbocycles. The molecule has 2 heterocycles. The molecule has 0 radical (unpaired) electrons. The van der Waals surface area contributed by atoms with Crippen molar-refractivity contribution in [3.8, 4) is 0 Å². The van der Waals surface area contributed by atoms with E-state index < -0.39 is 0 Å². The van der Waals surface area contributed by atoms with Crippen LogP contribution < -0.4 is 5.32 Å². The van der Waals surface area contributed by atoms with Crippen molar-refractivity contribution >= 4 is 16.7 Å². The van der Waals surface area contributed by atoms with E-state index in [4.69, 9.17) is 0 Å². The average Bonchev–Trinajstić information content (AvgIpc) is 2.81. The highest BCUT2D eigenvalue weighted by Gasteiger charge is 2.24. The number of benzene rings is 1. The van der Waals surface area contributed by atoms with Crippen molar-refractivity contribution in [2.45, 2.75) is 52.1 Å². The standard InChI is InChI=1S/C18H24N2O/c1-3-6-14(11-13(2)21)20-17-8-5-4-7-15(17)16-12-19-10-9-18(16)20/h4-5,7-8,14,19H,3,6,9-12H2,1-2H3. The molecule has 1 aromatic heterocycles. The van der Waals surface area contributed by atoms with E-state index in [9.17, 15) is 4.79 Å². The molecule has 0 spiro atoms. The van der Waals surface area contributed by atoms with Gasteiger partial charge in [-0.25, -0.2) is 0 Å². The van der Waals surface area contributed by atoms with Gasteiger partial charge in [-0.15, -0.1) is 0 Å². The van der Waals surface area contributed by atoms with E-state index in [1.807, 2.05) is 0 Å². The molecule has 0 amide bonds. The third-order valence-corrected chi connectivity index (χ3v) is 4.48. The molecule has 112 valence electrons. The average molecular weight is 284 g/mol. The molecule has 0 bridgehead atoms. The summed E-state index contributed by atoms with van der Waals surface area (Å²) in [6.45, 7) is 5.89. The second-order valence-electron chi connectivity index (χ2n) is 6.09. The summed E-state index contributed by atoms with van der Waals surface area (Å²) in [5.74, 6) is 0.286. The van der Waals surface area contributed by atoms with E-state index in [1.165, 1.54) is 22.2 Å². The number of ketones is 1. The number of nitrogens with one attached hydrogen (secondary N) is 1. The number of fused-ring (bicyclic) bond motifs is 3. The van der Waals surface area contributed by atoms with Gasteiger partial charge in [0.05, 0.1) is 0 Å². The number of rotatable bonds is 5. The Bertz CT molecular complexity index is 657. The Morgan fingerprint density at radius 1 is 1.38 bits per heavy atom. The zero-order valence-electron chi connectivity index (χ0n) is 13.0. The molecule has 0 aliphatic carbocycles. The first kappa shape index (κ1) is 14.3. The van der Waals surface area contributed by atoms with Crippen LogP contribution in [0.5, 0.6) is 0 Å². The van der Waals surface area contributed by atoms with Crippen LogP contribution in [0.3, 0.4) is 0 Å². The molecule has 1 unspecified atom stereocenters. The number of hydrogen-bond acceptors (Lipinski definition) is 2. The predicted molar refractivity (Wildman–Crippen MR) is 86.6 cm³/mol. The van der Waals surface area contributed by atoms with E-state index in [1.54, 1.807) is 6.92 Å². The lowest BCUT2D eigenvalue weighted by Crippen LogP contribution is -2.26. The lowest BCUT2D eigenvalue weighted by atomic mass is 10.0. The molecule has 3 nitrogen and oxygen atoms in total. The Hall–Kier alpha value is -1.61. The summed E-state index contributed by atoms with van der Waals surface area (Å²) in [4.78, 5) is 11.7. The molecule has 1 aliphatic heterocycles. The van der Waals surface area contributed by atoms with Crippen molar-refractivity contribution in [3.05, 3.63) is 35.5 Å². The maximum absolute atomic E-state index is 11.7. The zero-order chi connectivity index (χ0) is 14.8. The molecular formula is C18H24N2O. The van der Waals surface area contributed by atoms with Crippen LogP contribution in [0.4, 0.5) is 0 Å². The Morgan fingerprint density at radius 3 is 2.95 bits per heavy atom. The predicted octanol–water partition coefficient (Wildman–Crippen LogP) is 3.61. The van der Waals surface area contributed by atoms with Gasteiger partial charge in [-0.2, -0.15) is 0 Å². The quantitative estimate of drug-likeness (QED) is 0.910. The van der Waals surface area contributed by atoms with Crippen LogP contribution in [0.2, 0.25) is 0 Å². The van der Waals surface area contributed by atoms with Crippen molar-refractivity contribution in [2.24, 2.45) is 0 Å². The summed E-state index contributed by atoms with van der Waals surface area (Å²) in [7, 11) is 0. The fourth-order valence-electron chi connectivity index (χ4n) is 3.68. The number of carbonyl (C=O) groups excluding carboxylic acids is 1. The highest BCUT2D eigenvalue weighted by Crippen LogP contribution is 2.34. The fraction of sp³-hybridized carbons (Fsp3) is 0.500. The number of nitrogens with zero attached hydrogens (tertiary/aromatic N) is 1. The second-order valence-corrected chi connectivity index (χ2v) is 6.09. The highest BCUT2D eigenvalue weighted by molar-refractivity contribution is 5.86. The maximum atomic E-state index is 11.7. The minimum atomic E-state index is 0.286. The van der Waals surface area contributed by atoms with Crippen LogP contribution >= 0.6 is 0 Å². The summed E-state index contributed by atoms with van der Waals surface area (Å²) in [6.07, 6.45) is 3.88. The van der Waals surface area contributed by atoms with Crippen LogP contribution in [0, 0.1) is 0 Å². The van der Waals surface area contributed by atoms with E-state index in [0.717, 1.165) is 32.4 Å². The number of para-hydroxylation sites is 1. The Kier molecular flexibility index (Phi) is 4.11. The van der Waals surface area contributed by atoms with Gasteiger partial charge in [0.2, 0.25) is 0 Å². The van der Waals surface area contributed by atoms with Gasteiger partial charge in [0.25, 0.3) is 0 Å². The topological polar surface area (TPSA) is 34.0 Å². The monoisotopic (exact) mass is 284 g/mol. The third kappa shape index (κ3) is 2.62. The molecule has 21 heavy (non-hydrogen) atoms. The van der Waals surface area contributed by atoms with Crippen LogP contribution in [0.15, 0.2) is 24.3 Å². The van der Waals surface area contributed by atoms with Crippen molar-refractivity contribution in [1.29, 1.82) is 0 Å². The van der Waals surface area contributed by atoms with Crippen LogP contribution in [-0.2, 0) is 17.8 Å². The van der Waals surface area contributed by atoms with Crippen molar-refractivity contribution in [2.75, 3.05) is 6.54 Å². The van der Waals surface area contributed by atoms with Gasteiger partial charge in [-0.3, -0.25) is 4.79 Å². The summed E-state index contributed by atoms with van der Waals surface area (Å²) in [5, 5.41) is 4.83. The largest absolute Gasteiger partial charge is 0.341 e. The van der Waals surface area contributed by atoms with E-state index in [0.29, 0.717) is 12.5 Å². The molecule has 3 rings (SSSR count). The molecule has 1 N–H and O–H groups in total. The SMILES string of the molecule is CCCC(CC(C)=O)n1c2c(c3ccccc31)CNCC2. The number of aromatic nitrogens is 1. The molecule has 2 aromatic rings. The summed E-state index contributed by atoms with van der Waals surface area (Å²) in [6, 6.07) is 8.94. The molecule has 1 atom stereocenters. The first-order valence-electron chi connectivity index (χ1n) is 8.03. The lowest BCUT2D eigenvalue weighted by Gasteiger charge is -2.24. The zero-order valence-corrected chi connectivity index (χ0v) is 13.0. The normalized spacial score (nSPS) is 15.9. The van der Waals surface area contributed by atoms with E-state index in [2.05, 4.69) is 41.1 Å². The lowest BCUT2D eigenvalue weighted by molar-refractivity contribution is -0.117. The van der Waals surface area contributed by atoms with Gasteiger partial charge < -0.3 is 9.88 Å². The minimum Gasteiger partial charge on any atom is -0.341 e. The minimum absolute atomic E-state index is 0.286. The van der Waals surface area contributed by atoms with E-state index in [-0.39, 0.29) is 5.78 Å². The van der Waals surface area contributed by atoms with Gasteiger partial charge in [-0.1, -0.05) is 31.5 Å². The molecule has 1 aliphatic rings. The van der Waals surface area contributed by atoms with Crippen LogP contribution in [0.25, 0.3) is 10.9 Å². The van der Waals surface area contributed by atoms with E-state index >= 15 is 0 Å². The summed E-state index contributed by atoms with van der Waals surface area (Å²) < 4.78 is 2.47. The number of Topliss-reactive ketones (excluding diaryl/α,β-unsaturated/α-hetero) is 1. The Morgan fingerprint density at radius 2 is 2.19 bits per heavy atom.